The SMILES string of the molecule is CC(=O)C(C)(C)CC(C)(C)C(C=O)NC(=O)CCC(NC(C)(C)C)C(=O)C(C)(C)C. The molecule has 2 unspecified atom stereocenters. The highest BCUT2D eigenvalue weighted by Crippen LogP contribution is 2.36. The monoisotopic (exact) mass is 424 g/mol. The maximum Gasteiger partial charge on any atom is 0.220 e. The number of hydrogen-bond acceptors (Lipinski definition) is 5. The second-order valence-electron chi connectivity index (χ2n) is 11.9. The van der Waals surface area contributed by atoms with Gasteiger partial charge in [0, 0.05) is 22.8 Å². The summed E-state index contributed by atoms with van der Waals surface area (Å²) >= 11 is 0. The van der Waals surface area contributed by atoms with Gasteiger partial charge in [-0.05, 0) is 46.0 Å². The third-order valence-corrected chi connectivity index (χ3v) is 5.47. The Morgan fingerprint density at radius 1 is 0.900 bits per heavy atom. The average Bonchev–Trinajstić information content (AvgIpc) is 2.52. The molecule has 0 aromatic heterocycles. The van der Waals surface area contributed by atoms with Gasteiger partial charge in [-0.2, -0.15) is 0 Å². The molecule has 0 aliphatic heterocycles. The molecule has 30 heavy (non-hydrogen) atoms. The van der Waals surface area contributed by atoms with Crippen molar-refractivity contribution in [2.75, 3.05) is 0 Å². The molecule has 174 valence electrons. The average molecular weight is 425 g/mol. The molecule has 6 nitrogen and oxygen atoms in total. The van der Waals surface area contributed by atoms with Crippen LogP contribution in [0.1, 0.15) is 95.4 Å². The Hall–Kier alpha value is -1.56. The lowest BCUT2D eigenvalue weighted by atomic mass is 9.70. The van der Waals surface area contributed by atoms with Crippen LogP contribution in [0.25, 0.3) is 0 Å². The molecule has 2 N–H and O–H groups in total. The molecule has 0 aromatic carbocycles. The minimum absolute atomic E-state index is 0.0448. The molecular formula is C24H44N2O4. The number of ketones is 2. The number of carbonyl (C=O) groups is 4. The Morgan fingerprint density at radius 3 is 1.77 bits per heavy atom. The number of Topliss-reactive ketones (excluding diaryl/α,β-unsaturated/α-hetero) is 2. The van der Waals surface area contributed by atoms with E-state index in [1.807, 2.05) is 69.2 Å². The van der Waals surface area contributed by atoms with Crippen LogP contribution < -0.4 is 10.6 Å². The standard InChI is InChI=1S/C24H44N2O4/c1-16(28)23(8,9)15-24(10,11)18(14-27)25-19(29)13-12-17(26-22(5,6)7)20(30)21(2,3)4/h14,17-18,26H,12-13,15H2,1-11H3,(H,25,29). The van der Waals surface area contributed by atoms with E-state index in [1.165, 1.54) is 0 Å². The van der Waals surface area contributed by atoms with Crippen LogP contribution in [0, 0.1) is 16.2 Å². The topological polar surface area (TPSA) is 92.3 Å². The van der Waals surface area contributed by atoms with E-state index in [9.17, 15) is 19.2 Å². The Labute approximate surface area is 183 Å². The molecule has 0 bridgehead atoms. The first-order chi connectivity index (χ1) is 13.2. The fourth-order valence-corrected chi connectivity index (χ4v) is 3.62. The van der Waals surface area contributed by atoms with Crippen molar-refractivity contribution in [2.45, 2.75) is 113 Å². The minimum Gasteiger partial charge on any atom is -0.346 e. The van der Waals surface area contributed by atoms with Gasteiger partial charge in [-0.15, -0.1) is 0 Å². The van der Waals surface area contributed by atoms with Gasteiger partial charge in [0.2, 0.25) is 5.91 Å². The van der Waals surface area contributed by atoms with E-state index in [1.54, 1.807) is 6.92 Å². The highest BCUT2D eigenvalue weighted by molar-refractivity contribution is 5.89. The van der Waals surface area contributed by atoms with Gasteiger partial charge in [-0.25, -0.2) is 0 Å². The predicted octanol–water partition coefficient (Wildman–Crippen LogP) is 3.85. The molecule has 0 rings (SSSR count). The number of rotatable bonds is 11. The van der Waals surface area contributed by atoms with Crippen molar-refractivity contribution in [1.29, 1.82) is 0 Å². The molecular weight excluding hydrogens is 380 g/mol. The summed E-state index contributed by atoms with van der Waals surface area (Å²) in [6, 6.07) is -1.16. The third kappa shape index (κ3) is 9.50. The summed E-state index contributed by atoms with van der Waals surface area (Å²) in [4.78, 5) is 49.1. The molecule has 0 heterocycles. The highest BCUT2D eigenvalue weighted by atomic mass is 16.2. The van der Waals surface area contributed by atoms with E-state index >= 15 is 0 Å². The van der Waals surface area contributed by atoms with Crippen molar-refractivity contribution in [1.82, 2.24) is 10.6 Å². The van der Waals surface area contributed by atoms with E-state index in [0.717, 1.165) is 6.29 Å². The molecule has 0 radical (unpaired) electrons. The zero-order valence-electron chi connectivity index (χ0n) is 21.0. The van der Waals surface area contributed by atoms with E-state index in [0.29, 0.717) is 12.8 Å². The van der Waals surface area contributed by atoms with Gasteiger partial charge in [-0.3, -0.25) is 14.4 Å². The molecule has 2 atom stereocenters. The van der Waals surface area contributed by atoms with Crippen molar-refractivity contribution in [3.05, 3.63) is 0 Å². The van der Waals surface area contributed by atoms with Crippen molar-refractivity contribution in [3.63, 3.8) is 0 Å². The summed E-state index contributed by atoms with van der Waals surface area (Å²) in [5.41, 5.74) is -1.97. The van der Waals surface area contributed by atoms with Crippen LogP contribution >= 0.6 is 0 Å². The van der Waals surface area contributed by atoms with E-state index in [-0.39, 0.29) is 29.4 Å². The van der Waals surface area contributed by atoms with Gasteiger partial charge in [-0.1, -0.05) is 48.5 Å². The molecule has 0 aliphatic rings. The van der Waals surface area contributed by atoms with E-state index in [4.69, 9.17) is 0 Å². The van der Waals surface area contributed by atoms with Crippen molar-refractivity contribution < 1.29 is 19.2 Å². The normalized spacial score (nSPS) is 15.3. The van der Waals surface area contributed by atoms with E-state index < -0.39 is 28.3 Å². The van der Waals surface area contributed by atoms with Gasteiger partial charge >= 0.3 is 0 Å². The lowest BCUT2D eigenvalue weighted by Gasteiger charge is -2.37. The molecule has 0 saturated carbocycles. The van der Waals surface area contributed by atoms with Crippen LogP contribution in [-0.4, -0.2) is 41.4 Å². The molecule has 0 fully saturated rings. The lowest BCUT2D eigenvalue weighted by Crippen LogP contribution is -2.52. The Kier molecular flexibility index (Phi) is 9.64. The maximum absolute atomic E-state index is 12.8. The number of hydrogen-bond donors (Lipinski definition) is 2. The zero-order chi connectivity index (χ0) is 24.1. The molecule has 1 amide bonds. The number of nitrogens with one attached hydrogen (secondary N) is 2. The first-order valence-corrected chi connectivity index (χ1v) is 10.8. The molecule has 0 aliphatic carbocycles. The number of amides is 1. The van der Waals surface area contributed by atoms with Crippen LogP contribution in [0.4, 0.5) is 0 Å². The quantitative estimate of drug-likeness (QED) is 0.492. The Morgan fingerprint density at radius 2 is 1.40 bits per heavy atom. The summed E-state index contributed by atoms with van der Waals surface area (Å²) in [6.07, 6.45) is 1.69. The summed E-state index contributed by atoms with van der Waals surface area (Å²) in [7, 11) is 0. The second kappa shape index (κ2) is 10.2. The smallest absolute Gasteiger partial charge is 0.220 e. The summed E-state index contributed by atoms with van der Waals surface area (Å²) in [6.45, 7) is 20.6. The van der Waals surface area contributed by atoms with Gasteiger partial charge in [0.05, 0.1) is 12.1 Å². The molecule has 0 spiro atoms. The van der Waals surface area contributed by atoms with Gasteiger partial charge in [0.15, 0.2) is 5.78 Å². The van der Waals surface area contributed by atoms with Crippen LogP contribution in [0.3, 0.4) is 0 Å². The Bertz CT molecular complexity index is 637. The third-order valence-electron chi connectivity index (χ3n) is 5.47. The van der Waals surface area contributed by atoms with Crippen LogP contribution in [-0.2, 0) is 19.2 Å². The van der Waals surface area contributed by atoms with Crippen molar-refractivity contribution >= 4 is 23.8 Å². The fraction of sp³-hybridized carbons (Fsp3) is 0.833. The summed E-state index contributed by atoms with van der Waals surface area (Å²) in [5, 5.41) is 6.13. The Balaban J connectivity index is 5.22. The van der Waals surface area contributed by atoms with E-state index in [2.05, 4.69) is 10.6 Å². The van der Waals surface area contributed by atoms with Gasteiger partial charge in [0.1, 0.15) is 12.1 Å². The highest BCUT2D eigenvalue weighted by Gasteiger charge is 2.38. The lowest BCUT2D eigenvalue weighted by molar-refractivity contribution is -0.130. The van der Waals surface area contributed by atoms with Crippen molar-refractivity contribution in [3.8, 4) is 0 Å². The maximum atomic E-state index is 12.8. The van der Waals surface area contributed by atoms with Crippen LogP contribution in [0.5, 0.6) is 0 Å². The van der Waals surface area contributed by atoms with Crippen LogP contribution in [0.15, 0.2) is 0 Å². The molecule has 0 aromatic rings. The first-order valence-electron chi connectivity index (χ1n) is 10.8. The fourth-order valence-electron chi connectivity index (χ4n) is 3.62. The molecule has 0 saturated heterocycles. The largest absolute Gasteiger partial charge is 0.346 e. The molecule has 6 heteroatoms. The number of aldehydes is 1. The first kappa shape index (κ1) is 28.4. The van der Waals surface area contributed by atoms with Gasteiger partial charge < -0.3 is 15.4 Å². The minimum atomic E-state index is -0.712. The predicted molar refractivity (Wildman–Crippen MR) is 121 cm³/mol. The summed E-state index contributed by atoms with van der Waals surface area (Å²) < 4.78 is 0. The van der Waals surface area contributed by atoms with Crippen molar-refractivity contribution in [2.24, 2.45) is 16.2 Å². The van der Waals surface area contributed by atoms with Gasteiger partial charge in [0.25, 0.3) is 0 Å². The number of carbonyl (C=O) groups excluding carboxylic acids is 4. The second-order valence-corrected chi connectivity index (χ2v) is 11.9. The zero-order valence-corrected chi connectivity index (χ0v) is 21.0. The van der Waals surface area contributed by atoms with Crippen LogP contribution in [0.2, 0.25) is 0 Å². The summed E-state index contributed by atoms with van der Waals surface area (Å²) in [5.74, 6) is -0.174.